The largest absolute Gasteiger partial charge is 0.391 e. The Bertz CT molecular complexity index is 665. The smallest absolute Gasteiger partial charge is 0.241 e. The van der Waals surface area contributed by atoms with E-state index in [1.165, 1.54) is 22.8 Å². The zero-order valence-corrected chi connectivity index (χ0v) is 12.9. The Morgan fingerprint density at radius 2 is 1.95 bits per heavy atom. The van der Waals surface area contributed by atoms with Crippen LogP contribution in [0.1, 0.15) is 10.4 Å². The molecule has 7 heteroatoms. The summed E-state index contributed by atoms with van der Waals surface area (Å²) in [6.45, 7) is 0.166. The van der Waals surface area contributed by atoms with Gasteiger partial charge in [-0.15, -0.1) is 11.3 Å². The van der Waals surface area contributed by atoms with Crippen LogP contribution in [0.4, 0.5) is 0 Å². The number of rotatable bonds is 6. The fraction of sp³-hybridized carbons (Fsp3) is 0.231. The van der Waals surface area contributed by atoms with Gasteiger partial charge in [0.25, 0.3) is 0 Å². The number of aliphatic hydroxyl groups is 1. The molecule has 0 radical (unpaired) electrons. The van der Waals surface area contributed by atoms with Gasteiger partial charge in [-0.2, -0.15) is 0 Å². The van der Waals surface area contributed by atoms with Crippen LogP contribution in [-0.4, -0.2) is 20.1 Å². The van der Waals surface area contributed by atoms with Gasteiger partial charge < -0.3 is 5.11 Å². The van der Waals surface area contributed by atoms with Gasteiger partial charge in [-0.1, -0.05) is 23.7 Å². The molecule has 0 saturated carbocycles. The zero-order valence-electron chi connectivity index (χ0n) is 10.5. The van der Waals surface area contributed by atoms with Crippen LogP contribution in [0, 0.1) is 0 Å². The Hall–Kier alpha value is -0.920. The molecule has 0 amide bonds. The van der Waals surface area contributed by atoms with Gasteiger partial charge in [0, 0.05) is 21.8 Å². The summed E-state index contributed by atoms with van der Waals surface area (Å²) in [5, 5.41) is 11.1. The molecule has 0 atom stereocenters. The average molecular weight is 332 g/mol. The molecule has 0 saturated heterocycles. The molecule has 0 unspecified atom stereocenters. The number of hydrogen-bond acceptors (Lipinski definition) is 4. The number of sulfonamides is 1. The summed E-state index contributed by atoms with van der Waals surface area (Å²) in [5.41, 5.74) is 1.01. The highest BCUT2D eigenvalue weighted by molar-refractivity contribution is 7.89. The summed E-state index contributed by atoms with van der Waals surface area (Å²) >= 11 is 7.01. The predicted molar refractivity (Wildman–Crippen MR) is 80.6 cm³/mol. The summed E-state index contributed by atoms with van der Waals surface area (Å²) in [7, 11) is -3.50. The zero-order chi connectivity index (χ0) is 14.6. The maximum Gasteiger partial charge on any atom is 0.241 e. The molecule has 0 bridgehead atoms. The van der Waals surface area contributed by atoms with Crippen molar-refractivity contribution in [3.63, 3.8) is 0 Å². The Balaban J connectivity index is 1.94. The Morgan fingerprint density at radius 1 is 1.25 bits per heavy atom. The van der Waals surface area contributed by atoms with E-state index >= 15 is 0 Å². The lowest BCUT2D eigenvalue weighted by Gasteiger charge is -2.05. The van der Waals surface area contributed by atoms with Crippen molar-refractivity contribution < 1.29 is 13.5 Å². The second-order valence-electron chi connectivity index (χ2n) is 4.18. The van der Waals surface area contributed by atoms with Crippen LogP contribution in [0.15, 0.2) is 40.6 Å². The maximum absolute atomic E-state index is 12.0. The highest BCUT2D eigenvalue weighted by atomic mass is 35.5. The molecule has 4 nitrogen and oxygen atoms in total. The molecule has 0 aliphatic rings. The van der Waals surface area contributed by atoms with E-state index in [9.17, 15) is 8.42 Å². The topological polar surface area (TPSA) is 66.4 Å². The van der Waals surface area contributed by atoms with Gasteiger partial charge in [-0.3, -0.25) is 0 Å². The van der Waals surface area contributed by atoms with E-state index in [1.54, 1.807) is 12.1 Å². The van der Waals surface area contributed by atoms with Crippen molar-refractivity contribution in [1.82, 2.24) is 4.72 Å². The number of nitrogens with one attached hydrogen (secondary N) is 1. The minimum absolute atomic E-state index is 0.148. The van der Waals surface area contributed by atoms with Crippen molar-refractivity contribution in [2.24, 2.45) is 0 Å². The molecule has 0 spiro atoms. The quantitative estimate of drug-likeness (QED) is 0.854. The predicted octanol–water partition coefficient (Wildman–Crippen LogP) is 2.41. The Kier molecular flexibility index (Phi) is 5.17. The lowest BCUT2D eigenvalue weighted by atomic mass is 10.2. The summed E-state index contributed by atoms with van der Waals surface area (Å²) in [6, 6.07) is 8.76. The van der Waals surface area contributed by atoms with Gasteiger partial charge in [-0.05, 0) is 30.2 Å². The first-order valence-corrected chi connectivity index (χ1v) is 8.68. The second-order valence-corrected chi connectivity index (χ2v) is 7.38. The molecule has 20 heavy (non-hydrogen) atoms. The molecule has 0 aliphatic heterocycles. The van der Waals surface area contributed by atoms with Crippen molar-refractivity contribution in [3.05, 3.63) is 51.2 Å². The van der Waals surface area contributed by atoms with Gasteiger partial charge in [0.2, 0.25) is 10.0 Å². The molecule has 0 fully saturated rings. The van der Waals surface area contributed by atoms with Crippen molar-refractivity contribution in [2.45, 2.75) is 17.9 Å². The van der Waals surface area contributed by atoms with Gasteiger partial charge in [0.1, 0.15) is 0 Å². The molecule has 0 aliphatic carbocycles. The van der Waals surface area contributed by atoms with Gasteiger partial charge >= 0.3 is 0 Å². The van der Waals surface area contributed by atoms with Crippen molar-refractivity contribution >= 4 is 33.0 Å². The molecule has 2 rings (SSSR count). The third kappa shape index (κ3) is 4.04. The first-order chi connectivity index (χ1) is 9.51. The summed E-state index contributed by atoms with van der Waals surface area (Å²) in [6.07, 6.45) is 0.591. The first kappa shape index (κ1) is 15.5. The van der Waals surface area contributed by atoms with Crippen LogP contribution >= 0.6 is 22.9 Å². The molecular weight excluding hydrogens is 318 g/mol. The van der Waals surface area contributed by atoms with Crippen molar-refractivity contribution in [3.8, 4) is 0 Å². The fourth-order valence-corrected chi connectivity index (χ4v) is 3.94. The Labute approximate surface area is 127 Å². The normalized spacial score (nSPS) is 11.7. The second kappa shape index (κ2) is 6.69. The van der Waals surface area contributed by atoms with Crippen molar-refractivity contribution in [1.29, 1.82) is 0 Å². The van der Waals surface area contributed by atoms with Gasteiger partial charge in [0.15, 0.2) is 0 Å². The minimum Gasteiger partial charge on any atom is -0.391 e. The van der Waals surface area contributed by atoms with E-state index in [2.05, 4.69) is 4.72 Å². The highest BCUT2D eigenvalue weighted by Gasteiger charge is 2.15. The van der Waals surface area contributed by atoms with Gasteiger partial charge in [0.05, 0.1) is 11.5 Å². The highest BCUT2D eigenvalue weighted by Crippen LogP contribution is 2.19. The number of halogens is 1. The van der Waals surface area contributed by atoms with E-state index in [0.717, 1.165) is 5.56 Å². The third-order valence-electron chi connectivity index (χ3n) is 2.71. The number of aliphatic hydroxyl groups excluding tert-OH is 1. The lowest BCUT2D eigenvalue weighted by molar-refractivity contribution is 0.285. The van der Waals surface area contributed by atoms with Crippen LogP contribution in [0.25, 0.3) is 0 Å². The molecule has 1 aromatic heterocycles. The van der Waals surface area contributed by atoms with Crippen molar-refractivity contribution in [2.75, 3.05) is 6.54 Å². The van der Waals surface area contributed by atoms with Crippen LogP contribution in [0.2, 0.25) is 5.02 Å². The Morgan fingerprint density at radius 3 is 2.55 bits per heavy atom. The van der Waals surface area contributed by atoms with Crippen LogP contribution < -0.4 is 4.72 Å². The standard InChI is InChI=1S/C13H14ClNO3S2/c14-11-3-1-10(2-4-11)5-6-15-20(17,18)13-7-12(8-16)19-9-13/h1-4,7,9,15-16H,5-6,8H2. The SMILES string of the molecule is O=S(=O)(NCCc1ccc(Cl)cc1)c1csc(CO)c1. The van der Waals surface area contributed by atoms with E-state index < -0.39 is 10.0 Å². The molecule has 1 heterocycles. The molecule has 2 N–H and O–H groups in total. The maximum atomic E-state index is 12.0. The van der Waals surface area contributed by atoms with Crippen LogP contribution in [0.5, 0.6) is 0 Å². The van der Waals surface area contributed by atoms with Gasteiger partial charge in [-0.25, -0.2) is 13.1 Å². The molecule has 2 aromatic rings. The van der Waals surface area contributed by atoms with E-state index in [4.69, 9.17) is 16.7 Å². The average Bonchev–Trinajstić information content (AvgIpc) is 2.90. The third-order valence-corrected chi connectivity index (χ3v) is 5.48. The summed E-state index contributed by atoms with van der Waals surface area (Å²) in [4.78, 5) is 0.825. The molecule has 1 aromatic carbocycles. The van der Waals surface area contributed by atoms with E-state index in [0.29, 0.717) is 22.9 Å². The summed E-state index contributed by atoms with van der Waals surface area (Å²) < 4.78 is 26.5. The van der Waals surface area contributed by atoms with Crippen LogP contribution in [0.3, 0.4) is 0 Å². The fourth-order valence-electron chi connectivity index (χ4n) is 1.65. The first-order valence-electron chi connectivity index (χ1n) is 5.93. The summed E-state index contributed by atoms with van der Waals surface area (Å²) in [5.74, 6) is 0. The molecule has 108 valence electrons. The minimum atomic E-state index is -3.50. The monoisotopic (exact) mass is 331 g/mol. The molecular formula is C13H14ClNO3S2. The van der Waals surface area contributed by atoms with E-state index in [1.807, 2.05) is 12.1 Å². The number of benzene rings is 1. The number of thiophene rings is 1. The van der Waals surface area contributed by atoms with E-state index in [-0.39, 0.29) is 11.5 Å². The van der Waals surface area contributed by atoms with Crippen LogP contribution in [-0.2, 0) is 23.1 Å². The number of hydrogen-bond donors (Lipinski definition) is 2. The lowest BCUT2D eigenvalue weighted by Crippen LogP contribution is -2.25.